The molecule has 1 aromatic carbocycles. The Morgan fingerprint density at radius 2 is 1.95 bits per heavy atom. The van der Waals surface area contributed by atoms with Gasteiger partial charge in [0.15, 0.2) is 0 Å². The van der Waals surface area contributed by atoms with Crippen molar-refractivity contribution in [3.8, 4) is 0 Å². The minimum Gasteiger partial charge on any atom is -0.338 e. The lowest BCUT2D eigenvalue weighted by Gasteiger charge is -2.20. The van der Waals surface area contributed by atoms with E-state index < -0.39 is 4.92 Å². The van der Waals surface area contributed by atoms with Gasteiger partial charge < -0.3 is 4.90 Å². The van der Waals surface area contributed by atoms with Crippen molar-refractivity contribution in [2.75, 3.05) is 6.54 Å². The van der Waals surface area contributed by atoms with Crippen molar-refractivity contribution in [1.29, 1.82) is 0 Å². The molecular formula is C15H15ClN2O3S. The fraction of sp³-hybridized carbons (Fsp3) is 0.267. The molecule has 5 nitrogen and oxygen atoms in total. The van der Waals surface area contributed by atoms with Crippen molar-refractivity contribution < 1.29 is 9.72 Å². The Morgan fingerprint density at radius 1 is 1.27 bits per heavy atom. The van der Waals surface area contributed by atoms with Gasteiger partial charge in [-0.3, -0.25) is 14.9 Å². The second kappa shape index (κ2) is 7.38. The molecule has 0 atom stereocenters. The van der Waals surface area contributed by atoms with E-state index >= 15 is 0 Å². The number of amides is 1. The molecule has 0 unspecified atom stereocenters. The molecule has 0 saturated heterocycles. The summed E-state index contributed by atoms with van der Waals surface area (Å²) in [6, 6.07) is 9.79. The Kier molecular flexibility index (Phi) is 5.51. The molecule has 1 amide bonds. The smallest absolute Gasteiger partial charge is 0.269 e. The molecule has 0 radical (unpaired) electrons. The first-order valence-electron chi connectivity index (χ1n) is 6.75. The van der Waals surface area contributed by atoms with E-state index in [2.05, 4.69) is 0 Å². The summed E-state index contributed by atoms with van der Waals surface area (Å²) in [5.74, 6) is -0.0131. The first-order chi connectivity index (χ1) is 10.5. The summed E-state index contributed by atoms with van der Waals surface area (Å²) in [5, 5.41) is 10.6. The average molecular weight is 339 g/mol. The molecule has 0 aliphatic heterocycles. The molecule has 2 aromatic rings. The van der Waals surface area contributed by atoms with Gasteiger partial charge in [0.25, 0.3) is 5.69 Å². The van der Waals surface area contributed by atoms with Gasteiger partial charge in [0.1, 0.15) is 0 Å². The van der Waals surface area contributed by atoms with Crippen LogP contribution in [0.2, 0.25) is 4.34 Å². The summed E-state index contributed by atoms with van der Waals surface area (Å²) < 4.78 is 0.703. The highest BCUT2D eigenvalue weighted by Gasteiger charge is 2.14. The largest absolute Gasteiger partial charge is 0.338 e. The third kappa shape index (κ3) is 4.29. The topological polar surface area (TPSA) is 63.5 Å². The molecule has 0 aliphatic rings. The van der Waals surface area contributed by atoms with E-state index in [0.29, 0.717) is 17.4 Å². The Balaban J connectivity index is 2.00. The highest BCUT2D eigenvalue weighted by Crippen LogP contribution is 2.23. The molecule has 1 heterocycles. The van der Waals surface area contributed by atoms with Crippen molar-refractivity contribution >= 4 is 34.5 Å². The number of carbonyl (C=O) groups is 1. The van der Waals surface area contributed by atoms with Crippen molar-refractivity contribution in [3.05, 3.63) is 61.3 Å². The van der Waals surface area contributed by atoms with Gasteiger partial charge in [-0.05, 0) is 24.6 Å². The van der Waals surface area contributed by atoms with Crippen LogP contribution in [0.5, 0.6) is 0 Å². The molecule has 0 bridgehead atoms. The number of hydrogen-bond acceptors (Lipinski definition) is 4. The van der Waals surface area contributed by atoms with Gasteiger partial charge in [-0.15, -0.1) is 11.3 Å². The van der Waals surface area contributed by atoms with Gasteiger partial charge in [-0.25, -0.2) is 0 Å². The van der Waals surface area contributed by atoms with Crippen LogP contribution in [0.4, 0.5) is 5.69 Å². The second-order valence-electron chi connectivity index (χ2n) is 4.71. The Morgan fingerprint density at radius 3 is 2.45 bits per heavy atom. The van der Waals surface area contributed by atoms with E-state index in [1.54, 1.807) is 17.0 Å². The van der Waals surface area contributed by atoms with Crippen LogP contribution < -0.4 is 0 Å². The predicted molar refractivity (Wildman–Crippen MR) is 87.2 cm³/mol. The maximum Gasteiger partial charge on any atom is 0.269 e. The van der Waals surface area contributed by atoms with Crippen LogP contribution in [-0.2, 0) is 17.8 Å². The molecule has 22 heavy (non-hydrogen) atoms. The molecule has 0 fully saturated rings. The van der Waals surface area contributed by atoms with Crippen LogP contribution in [0, 0.1) is 10.1 Å². The van der Waals surface area contributed by atoms with E-state index in [9.17, 15) is 14.9 Å². The van der Waals surface area contributed by atoms with Crippen molar-refractivity contribution in [2.24, 2.45) is 0 Å². The van der Waals surface area contributed by atoms with Gasteiger partial charge in [0.05, 0.1) is 22.2 Å². The number of rotatable bonds is 6. The molecule has 0 spiro atoms. The lowest BCUT2D eigenvalue weighted by Crippen LogP contribution is -2.31. The fourth-order valence-electron chi connectivity index (χ4n) is 2.02. The number of thiophene rings is 1. The minimum atomic E-state index is -0.454. The lowest BCUT2D eigenvalue weighted by atomic mass is 10.1. The number of carbonyl (C=O) groups excluding carboxylic acids is 1. The van der Waals surface area contributed by atoms with Crippen LogP contribution in [0.25, 0.3) is 0 Å². The van der Waals surface area contributed by atoms with Crippen LogP contribution in [0.15, 0.2) is 36.4 Å². The zero-order valence-corrected chi connectivity index (χ0v) is 13.6. The van der Waals surface area contributed by atoms with E-state index in [4.69, 9.17) is 11.6 Å². The second-order valence-corrected chi connectivity index (χ2v) is 6.51. The highest BCUT2D eigenvalue weighted by atomic mass is 35.5. The normalized spacial score (nSPS) is 10.5. The molecule has 2 rings (SSSR count). The SMILES string of the molecule is CCN(Cc1ccc(Cl)s1)C(=O)Cc1ccc([N+](=O)[O-])cc1. The minimum absolute atomic E-state index is 0.0131. The maximum atomic E-state index is 12.3. The summed E-state index contributed by atoms with van der Waals surface area (Å²) in [6.07, 6.45) is 0.227. The molecule has 0 N–H and O–H groups in total. The van der Waals surface area contributed by atoms with E-state index in [0.717, 1.165) is 10.4 Å². The maximum absolute atomic E-state index is 12.3. The van der Waals surface area contributed by atoms with Crippen LogP contribution in [-0.4, -0.2) is 22.3 Å². The standard InChI is InChI=1S/C15H15ClN2O3S/c1-2-17(10-13-7-8-14(16)22-13)15(19)9-11-3-5-12(6-4-11)18(20)21/h3-8H,2,9-10H2,1H3. The van der Waals surface area contributed by atoms with E-state index in [1.807, 2.05) is 19.1 Å². The molecule has 0 saturated carbocycles. The lowest BCUT2D eigenvalue weighted by molar-refractivity contribution is -0.384. The van der Waals surface area contributed by atoms with Gasteiger partial charge in [0, 0.05) is 23.6 Å². The number of nitrogens with zero attached hydrogens (tertiary/aromatic N) is 2. The molecule has 7 heteroatoms. The fourth-order valence-corrected chi connectivity index (χ4v) is 3.13. The van der Waals surface area contributed by atoms with Crippen LogP contribution >= 0.6 is 22.9 Å². The Bertz CT molecular complexity index is 670. The predicted octanol–water partition coefficient (Wildman–Crippen LogP) is 3.90. The molecular weight excluding hydrogens is 324 g/mol. The van der Waals surface area contributed by atoms with E-state index in [-0.39, 0.29) is 18.0 Å². The van der Waals surface area contributed by atoms with Crippen LogP contribution in [0.3, 0.4) is 0 Å². The number of likely N-dealkylation sites (N-methyl/N-ethyl adjacent to an activating group) is 1. The average Bonchev–Trinajstić information content (AvgIpc) is 2.90. The van der Waals surface area contributed by atoms with Crippen LogP contribution in [0.1, 0.15) is 17.4 Å². The Labute approximate surface area is 137 Å². The number of non-ortho nitro benzene ring substituents is 1. The van der Waals surface area contributed by atoms with Gasteiger partial charge in [0.2, 0.25) is 5.91 Å². The third-order valence-electron chi connectivity index (χ3n) is 3.21. The third-order valence-corrected chi connectivity index (χ3v) is 4.43. The van der Waals surface area contributed by atoms with Gasteiger partial charge in [-0.2, -0.15) is 0 Å². The van der Waals surface area contributed by atoms with Crippen molar-refractivity contribution in [2.45, 2.75) is 19.9 Å². The van der Waals surface area contributed by atoms with Crippen molar-refractivity contribution in [1.82, 2.24) is 4.90 Å². The number of hydrogen-bond donors (Lipinski definition) is 0. The Hall–Kier alpha value is -1.92. The summed E-state index contributed by atoms with van der Waals surface area (Å²) >= 11 is 7.35. The number of nitro groups is 1. The summed E-state index contributed by atoms with van der Waals surface area (Å²) in [7, 11) is 0. The number of nitro benzene ring substituents is 1. The number of benzene rings is 1. The summed E-state index contributed by atoms with van der Waals surface area (Å²) in [5.41, 5.74) is 0.787. The van der Waals surface area contributed by atoms with Gasteiger partial charge >= 0.3 is 0 Å². The highest BCUT2D eigenvalue weighted by molar-refractivity contribution is 7.16. The zero-order valence-electron chi connectivity index (χ0n) is 12.0. The zero-order chi connectivity index (χ0) is 16.1. The van der Waals surface area contributed by atoms with E-state index in [1.165, 1.54) is 23.5 Å². The summed E-state index contributed by atoms with van der Waals surface area (Å²) in [6.45, 7) is 3.05. The van der Waals surface area contributed by atoms with Crippen molar-refractivity contribution in [3.63, 3.8) is 0 Å². The van der Waals surface area contributed by atoms with Gasteiger partial charge in [-0.1, -0.05) is 23.7 Å². The molecule has 0 aliphatic carbocycles. The first-order valence-corrected chi connectivity index (χ1v) is 7.94. The quantitative estimate of drug-likeness (QED) is 0.592. The monoisotopic (exact) mass is 338 g/mol. The molecule has 1 aromatic heterocycles. The summed E-state index contributed by atoms with van der Waals surface area (Å²) in [4.78, 5) is 25.3. The molecule has 116 valence electrons. The number of halogens is 1. The first kappa shape index (κ1) is 16.5.